The molecule has 3 aromatic heterocycles. The first-order valence-electron chi connectivity index (χ1n) is 11.3. The first-order valence-corrected chi connectivity index (χ1v) is 11.3. The first kappa shape index (κ1) is 21.1. The van der Waals surface area contributed by atoms with Gasteiger partial charge < -0.3 is 14.8 Å². The Kier molecular flexibility index (Phi) is 5.53. The van der Waals surface area contributed by atoms with Gasteiger partial charge in [-0.1, -0.05) is 0 Å². The zero-order valence-electron chi connectivity index (χ0n) is 18.6. The van der Waals surface area contributed by atoms with Crippen molar-refractivity contribution in [1.82, 2.24) is 29.7 Å². The summed E-state index contributed by atoms with van der Waals surface area (Å²) < 4.78 is 9.39. The Labute approximate surface area is 190 Å². The van der Waals surface area contributed by atoms with E-state index in [2.05, 4.69) is 20.5 Å². The zero-order chi connectivity index (χ0) is 22.9. The number of benzene rings is 1. The summed E-state index contributed by atoms with van der Waals surface area (Å²) in [4.78, 5) is 28.6. The van der Waals surface area contributed by atoms with Gasteiger partial charge in [-0.2, -0.15) is 10.2 Å². The van der Waals surface area contributed by atoms with Gasteiger partial charge in [-0.15, -0.1) is 0 Å². The van der Waals surface area contributed by atoms with Crippen LogP contribution in [0.15, 0.2) is 43.0 Å². The summed E-state index contributed by atoms with van der Waals surface area (Å²) in [5.41, 5.74) is 2.62. The quantitative estimate of drug-likeness (QED) is 0.456. The summed E-state index contributed by atoms with van der Waals surface area (Å²) in [6.45, 7) is 3.85. The van der Waals surface area contributed by atoms with Gasteiger partial charge >= 0.3 is 0 Å². The van der Waals surface area contributed by atoms with Crippen molar-refractivity contribution in [3.63, 3.8) is 0 Å². The number of ether oxygens (including phenoxy) is 1. The average molecular weight is 447 g/mol. The van der Waals surface area contributed by atoms with Gasteiger partial charge in [0.25, 0.3) is 5.91 Å². The van der Waals surface area contributed by atoms with Crippen LogP contribution in [0, 0.1) is 5.92 Å². The first-order chi connectivity index (χ1) is 16.0. The second-order valence-electron chi connectivity index (χ2n) is 8.79. The van der Waals surface area contributed by atoms with Gasteiger partial charge in [0.15, 0.2) is 5.65 Å². The van der Waals surface area contributed by atoms with Crippen molar-refractivity contribution < 1.29 is 14.3 Å². The van der Waals surface area contributed by atoms with E-state index in [1.54, 1.807) is 21.6 Å². The number of nitrogens with zero attached hydrogens (tertiary/aromatic N) is 5. The van der Waals surface area contributed by atoms with Crippen molar-refractivity contribution in [2.75, 3.05) is 0 Å². The third-order valence-corrected chi connectivity index (χ3v) is 6.02. The fraction of sp³-hybridized carbons (Fsp3) is 0.375. The molecule has 0 radical (unpaired) electrons. The van der Waals surface area contributed by atoms with Gasteiger partial charge in [-0.05, 0) is 51.7 Å². The lowest BCUT2D eigenvalue weighted by Crippen LogP contribution is -2.38. The smallest absolute Gasteiger partial charge is 0.255 e. The fourth-order valence-electron chi connectivity index (χ4n) is 4.34. The number of carbonyl (C=O) groups excluding carboxylic acids is 2. The minimum atomic E-state index is -0.174. The lowest BCUT2D eigenvalue weighted by molar-refractivity contribution is -0.111. The van der Waals surface area contributed by atoms with Gasteiger partial charge in [0.05, 0.1) is 23.4 Å². The topological polar surface area (TPSA) is 103 Å². The number of nitrogens with one attached hydrogen (secondary N) is 1. The number of carbonyl (C=O) groups is 2. The summed E-state index contributed by atoms with van der Waals surface area (Å²) in [6, 6.07) is 5.50. The van der Waals surface area contributed by atoms with Crippen LogP contribution in [0.3, 0.4) is 0 Å². The Hall–Kier alpha value is -3.75. The largest absolute Gasteiger partial charge is 0.490 e. The van der Waals surface area contributed by atoms with Crippen LogP contribution < -0.4 is 10.1 Å². The molecule has 9 nitrogen and oxygen atoms in total. The number of rotatable bonds is 6. The molecule has 1 aliphatic carbocycles. The summed E-state index contributed by atoms with van der Waals surface area (Å²) in [7, 11) is 0. The molecule has 3 heterocycles. The monoisotopic (exact) mass is 446 g/mol. The van der Waals surface area contributed by atoms with Crippen molar-refractivity contribution in [2.24, 2.45) is 5.92 Å². The van der Waals surface area contributed by atoms with Crippen LogP contribution >= 0.6 is 0 Å². The molecule has 5 rings (SSSR count). The molecule has 1 aliphatic rings. The SMILES string of the molecule is CC(C)Oc1cc2nn(-c3cnn4cccnc34)cc2cc1C(=O)NC1CCC(C=O)CC1. The van der Waals surface area contributed by atoms with E-state index in [9.17, 15) is 9.59 Å². The molecular formula is C24H26N6O3. The van der Waals surface area contributed by atoms with Crippen LogP contribution in [0.1, 0.15) is 49.9 Å². The predicted octanol–water partition coefficient (Wildman–Crippen LogP) is 3.34. The van der Waals surface area contributed by atoms with Crippen molar-refractivity contribution in [3.05, 3.63) is 48.5 Å². The van der Waals surface area contributed by atoms with Crippen molar-refractivity contribution in [3.8, 4) is 11.4 Å². The Balaban J connectivity index is 1.48. The maximum atomic E-state index is 13.2. The van der Waals surface area contributed by atoms with E-state index in [0.29, 0.717) is 22.5 Å². The van der Waals surface area contributed by atoms with E-state index >= 15 is 0 Å². The highest BCUT2D eigenvalue weighted by molar-refractivity contribution is 6.01. The van der Waals surface area contributed by atoms with Gasteiger partial charge in [-0.25, -0.2) is 14.2 Å². The zero-order valence-corrected chi connectivity index (χ0v) is 18.6. The molecule has 0 unspecified atom stereocenters. The summed E-state index contributed by atoms with van der Waals surface area (Å²) in [6.07, 6.45) is 11.3. The van der Waals surface area contributed by atoms with Crippen LogP contribution in [0.5, 0.6) is 5.75 Å². The van der Waals surface area contributed by atoms with Crippen molar-refractivity contribution in [2.45, 2.75) is 51.7 Å². The van der Waals surface area contributed by atoms with E-state index in [-0.39, 0.29) is 24.0 Å². The molecule has 1 amide bonds. The van der Waals surface area contributed by atoms with E-state index < -0.39 is 0 Å². The molecule has 4 aromatic rings. The Bertz CT molecular complexity index is 1320. The van der Waals surface area contributed by atoms with Crippen molar-refractivity contribution >= 4 is 28.7 Å². The van der Waals surface area contributed by atoms with Crippen molar-refractivity contribution in [1.29, 1.82) is 0 Å². The number of hydrogen-bond acceptors (Lipinski definition) is 6. The minimum absolute atomic E-state index is 0.0591. The standard InChI is InChI=1S/C24H26N6O3/c1-15(2)33-22-11-20-17(10-19(22)24(32)27-18-6-4-16(14-31)5-7-18)13-30(28-20)21-12-26-29-9-3-8-25-23(21)29/h3,8-16,18H,4-7H2,1-2H3,(H,27,32). The Morgan fingerprint density at radius 3 is 2.82 bits per heavy atom. The molecule has 0 spiro atoms. The minimum Gasteiger partial charge on any atom is -0.490 e. The lowest BCUT2D eigenvalue weighted by atomic mass is 9.87. The summed E-state index contributed by atoms with van der Waals surface area (Å²) in [5, 5.41) is 13.0. The molecule has 1 N–H and O–H groups in total. The van der Waals surface area contributed by atoms with E-state index in [1.165, 1.54) is 0 Å². The third-order valence-electron chi connectivity index (χ3n) is 6.02. The highest BCUT2D eigenvalue weighted by Gasteiger charge is 2.24. The van der Waals surface area contributed by atoms with Crippen LogP contribution in [-0.2, 0) is 4.79 Å². The Morgan fingerprint density at radius 1 is 1.24 bits per heavy atom. The molecule has 1 aromatic carbocycles. The highest BCUT2D eigenvalue weighted by Crippen LogP contribution is 2.29. The molecule has 0 bridgehead atoms. The van der Waals surface area contributed by atoms with Crippen LogP contribution in [0.25, 0.3) is 22.2 Å². The number of amides is 1. The van der Waals surface area contributed by atoms with E-state index in [0.717, 1.165) is 43.0 Å². The molecule has 33 heavy (non-hydrogen) atoms. The fourth-order valence-corrected chi connectivity index (χ4v) is 4.34. The third kappa shape index (κ3) is 4.18. The summed E-state index contributed by atoms with van der Waals surface area (Å²) in [5.74, 6) is 0.432. The van der Waals surface area contributed by atoms with Crippen LogP contribution in [0.4, 0.5) is 0 Å². The molecule has 0 saturated heterocycles. The second-order valence-corrected chi connectivity index (χ2v) is 8.79. The van der Waals surface area contributed by atoms with Crippen LogP contribution in [-0.4, -0.2) is 48.7 Å². The Morgan fingerprint density at radius 2 is 2.06 bits per heavy atom. The predicted molar refractivity (Wildman–Crippen MR) is 123 cm³/mol. The average Bonchev–Trinajstić information content (AvgIpc) is 3.42. The van der Waals surface area contributed by atoms with Gasteiger partial charge in [0.2, 0.25) is 0 Å². The van der Waals surface area contributed by atoms with E-state index in [1.807, 2.05) is 44.4 Å². The van der Waals surface area contributed by atoms with Gasteiger partial charge in [-0.3, -0.25) is 4.79 Å². The molecule has 0 aliphatic heterocycles. The maximum absolute atomic E-state index is 13.2. The lowest BCUT2D eigenvalue weighted by Gasteiger charge is -2.26. The molecular weight excluding hydrogens is 420 g/mol. The van der Waals surface area contributed by atoms with Gasteiger partial charge in [0, 0.05) is 42.0 Å². The van der Waals surface area contributed by atoms with E-state index in [4.69, 9.17) is 4.74 Å². The molecule has 1 fully saturated rings. The normalized spacial score (nSPS) is 18.6. The highest BCUT2D eigenvalue weighted by atomic mass is 16.5. The van der Waals surface area contributed by atoms with Gasteiger partial charge in [0.1, 0.15) is 17.7 Å². The number of aldehydes is 1. The number of hydrogen-bond donors (Lipinski definition) is 1. The number of fused-ring (bicyclic) bond motifs is 2. The molecule has 1 saturated carbocycles. The molecule has 0 atom stereocenters. The molecule has 9 heteroatoms. The second kappa shape index (κ2) is 8.65. The summed E-state index contributed by atoms with van der Waals surface area (Å²) >= 11 is 0. The number of aromatic nitrogens is 5. The maximum Gasteiger partial charge on any atom is 0.255 e. The molecule has 170 valence electrons. The van der Waals surface area contributed by atoms with Crippen LogP contribution in [0.2, 0.25) is 0 Å².